The lowest BCUT2D eigenvalue weighted by Crippen LogP contribution is -2.55. The molecule has 1 heterocycles. The average Bonchev–Trinajstić information content (AvgIpc) is 3.02. The first kappa shape index (κ1) is 33.6. The molecule has 0 aliphatic carbocycles. The van der Waals surface area contributed by atoms with Crippen LogP contribution in [0.25, 0.3) is 0 Å². The normalized spacial score (nSPS) is 17.3. The van der Waals surface area contributed by atoms with Gasteiger partial charge in [-0.15, -0.1) is 0 Å². The zero-order valence-electron chi connectivity index (χ0n) is 25.1. The van der Waals surface area contributed by atoms with Crippen molar-refractivity contribution in [3.05, 3.63) is 101 Å². The third-order valence-electron chi connectivity index (χ3n) is 8.05. The third-order valence-corrected chi connectivity index (χ3v) is 8.54. The van der Waals surface area contributed by atoms with E-state index in [2.05, 4.69) is 4.72 Å². The third kappa shape index (κ3) is 8.46. The number of rotatable bonds is 16. The Morgan fingerprint density at radius 3 is 2.25 bits per heavy atom. The second-order valence-electron chi connectivity index (χ2n) is 11.3. The fraction of sp³-hybridized carbons (Fsp3) is 0.412. The van der Waals surface area contributed by atoms with Crippen LogP contribution in [-0.2, 0) is 27.2 Å². The van der Waals surface area contributed by atoms with Gasteiger partial charge >= 0.3 is 5.97 Å². The Morgan fingerprint density at radius 2 is 1.66 bits per heavy atom. The second kappa shape index (κ2) is 15.6. The molecule has 1 fully saturated rings. The first-order chi connectivity index (χ1) is 21.2. The summed E-state index contributed by atoms with van der Waals surface area (Å²) >= 11 is 1.60. The van der Waals surface area contributed by atoms with Crippen LogP contribution in [0.2, 0.25) is 0 Å². The Bertz CT molecular complexity index is 1370. The van der Waals surface area contributed by atoms with Gasteiger partial charge in [0, 0.05) is 25.6 Å². The van der Waals surface area contributed by atoms with Crippen LogP contribution < -0.4 is 9.62 Å². The lowest BCUT2D eigenvalue weighted by molar-refractivity contribution is -0.147. The van der Waals surface area contributed by atoms with E-state index in [0.29, 0.717) is 18.4 Å². The van der Waals surface area contributed by atoms with Gasteiger partial charge in [0.1, 0.15) is 17.5 Å². The molecule has 4 N–H and O–H groups in total. The molecule has 3 aromatic rings. The number of benzene rings is 3. The maximum absolute atomic E-state index is 13.7. The van der Waals surface area contributed by atoms with Crippen LogP contribution in [0.3, 0.4) is 0 Å². The van der Waals surface area contributed by atoms with Gasteiger partial charge in [0.25, 0.3) is 0 Å². The van der Waals surface area contributed by atoms with E-state index in [1.54, 1.807) is 29.0 Å². The summed E-state index contributed by atoms with van der Waals surface area (Å²) in [6.45, 7) is 1.10. The van der Waals surface area contributed by atoms with Crippen molar-refractivity contribution in [1.82, 2.24) is 4.72 Å². The van der Waals surface area contributed by atoms with E-state index >= 15 is 0 Å². The van der Waals surface area contributed by atoms with E-state index in [4.69, 9.17) is 4.74 Å². The molecule has 0 bridgehead atoms. The summed E-state index contributed by atoms with van der Waals surface area (Å²) in [5.74, 6) is -1.26. The maximum Gasteiger partial charge on any atom is 0.303 e. The SMILES string of the molecule is CSNCCCc1ccc(N2C(=O)[C@H](CC[C@H](OC(C)=O)c3ccc(F)cc3)[C@H]2c2ccc(CC(O)(CO)CO)cc2)cc1. The van der Waals surface area contributed by atoms with Crippen molar-refractivity contribution in [2.75, 3.05) is 30.9 Å². The van der Waals surface area contributed by atoms with Gasteiger partial charge in [-0.3, -0.25) is 14.3 Å². The topological polar surface area (TPSA) is 119 Å². The second-order valence-corrected chi connectivity index (χ2v) is 12.0. The van der Waals surface area contributed by atoms with Gasteiger partial charge < -0.3 is 25.0 Å². The van der Waals surface area contributed by atoms with E-state index in [9.17, 15) is 29.3 Å². The highest BCUT2D eigenvalue weighted by molar-refractivity contribution is 7.96. The van der Waals surface area contributed by atoms with Crippen molar-refractivity contribution in [2.45, 2.75) is 56.8 Å². The van der Waals surface area contributed by atoms with Crippen molar-refractivity contribution >= 4 is 29.5 Å². The van der Waals surface area contributed by atoms with E-state index in [1.807, 2.05) is 54.8 Å². The molecule has 10 heteroatoms. The summed E-state index contributed by atoms with van der Waals surface area (Å²) in [5.41, 5.74) is 2.64. The molecule has 0 aromatic heterocycles. The zero-order chi connectivity index (χ0) is 31.7. The molecular weight excluding hydrogens is 583 g/mol. The van der Waals surface area contributed by atoms with Crippen molar-refractivity contribution in [1.29, 1.82) is 0 Å². The Kier molecular flexibility index (Phi) is 11.9. The average molecular weight is 625 g/mol. The summed E-state index contributed by atoms with van der Waals surface area (Å²) in [4.78, 5) is 27.4. The molecule has 8 nitrogen and oxygen atoms in total. The largest absolute Gasteiger partial charge is 0.458 e. The van der Waals surface area contributed by atoms with Crippen LogP contribution in [-0.4, -0.2) is 58.8 Å². The molecule has 1 saturated heterocycles. The van der Waals surface area contributed by atoms with Crippen molar-refractivity contribution in [3.63, 3.8) is 0 Å². The minimum Gasteiger partial charge on any atom is -0.458 e. The predicted octanol–water partition coefficient (Wildman–Crippen LogP) is 4.67. The van der Waals surface area contributed by atoms with Crippen molar-refractivity contribution in [3.8, 4) is 0 Å². The van der Waals surface area contributed by atoms with Gasteiger partial charge in [0.15, 0.2) is 0 Å². The zero-order valence-corrected chi connectivity index (χ0v) is 25.9. The van der Waals surface area contributed by atoms with Crippen LogP contribution in [0.15, 0.2) is 72.8 Å². The molecule has 1 aliphatic rings. The minimum atomic E-state index is -1.62. The molecule has 44 heavy (non-hydrogen) atoms. The van der Waals surface area contributed by atoms with E-state index < -0.39 is 30.9 Å². The van der Waals surface area contributed by atoms with Gasteiger partial charge in [-0.2, -0.15) is 0 Å². The number of nitrogens with zero attached hydrogens (tertiary/aromatic N) is 1. The molecule has 3 aromatic carbocycles. The van der Waals surface area contributed by atoms with E-state index in [1.165, 1.54) is 24.6 Å². The fourth-order valence-corrected chi connectivity index (χ4v) is 6.01. The number of hydrogen-bond donors (Lipinski definition) is 4. The Balaban J connectivity index is 1.56. The number of halogens is 1. The predicted molar refractivity (Wildman–Crippen MR) is 169 cm³/mol. The van der Waals surface area contributed by atoms with Crippen molar-refractivity contribution < 1.29 is 34.0 Å². The number of anilines is 1. The number of esters is 1. The number of aryl methyl sites for hydroxylation is 1. The number of aliphatic hydroxyl groups is 3. The summed E-state index contributed by atoms with van der Waals surface area (Å²) in [5, 5.41) is 29.4. The monoisotopic (exact) mass is 624 g/mol. The molecular formula is C34H41FN2O6S. The van der Waals surface area contributed by atoms with E-state index in [-0.39, 0.29) is 30.1 Å². The molecule has 1 amide bonds. The number of nitrogens with one attached hydrogen (secondary N) is 1. The summed E-state index contributed by atoms with van der Waals surface area (Å²) in [7, 11) is 0. The number of aliphatic hydroxyl groups excluding tert-OH is 2. The highest BCUT2D eigenvalue weighted by Gasteiger charge is 2.48. The molecule has 0 spiro atoms. The lowest BCUT2D eigenvalue weighted by Gasteiger charge is -2.48. The molecule has 0 unspecified atom stereocenters. The quantitative estimate of drug-likeness (QED) is 0.0786. The first-order valence-corrected chi connectivity index (χ1v) is 16.0. The lowest BCUT2D eigenvalue weighted by atomic mass is 9.78. The fourth-order valence-electron chi connectivity index (χ4n) is 5.67. The summed E-state index contributed by atoms with van der Waals surface area (Å²) in [6.07, 6.45) is 4.20. The highest BCUT2D eigenvalue weighted by Crippen LogP contribution is 2.46. The van der Waals surface area contributed by atoms with Crippen LogP contribution in [0, 0.1) is 11.7 Å². The van der Waals surface area contributed by atoms with Gasteiger partial charge in [0.05, 0.1) is 25.2 Å². The number of carbonyl (C=O) groups excluding carboxylic acids is 2. The van der Waals surface area contributed by atoms with Gasteiger partial charge in [-0.25, -0.2) is 4.39 Å². The van der Waals surface area contributed by atoms with Crippen LogP contribution in [0.1, 0.15) is 60.6 Å². The first-order valence-electron chi connectivity index (χ1n) is 14.8. The maximum atomic E-state index is 13.7. The van der Waals surface area contributed by atoms with Crippen LogP contribution >= 0.6 is 11.9 Å². The smallest absolute Gasteiger partial charge is 0.303 e. The van der Waals surface area contributed by atoms with Crippen LogP contribution in [0.4, 0.5) is 10.1 Å². The molecule has 1 aliphatic heterocycles. The molecule has 0 radical (unpaired) electrons. The highest BCUT2D eigenvalue weighted by atomic mass is 32.2. The molecule has 0 saturated carbocycles. The van der Waals surface area contributed by atoms with Gasteiger partial charge in [0.2, 0.25) is 5.91 Å². The standard InChI is InChI=1S/C34H41FN2O6S/c1-23(40)43-31(26-11-13-28(35)14-12-26)18-17-30-32(27-9-5-25(6-10-27)20-34(42,21-38)22-39)37(33(30)41)29-15-7-24(8-16-29)4-3-19-36-44-2/h5-16,30-32,36,38-39,42H,3-4,17-22H2,1-2H3/t30-,31+,32-/m1/s1. The number of hydrogen-bond acceptors (Lipinski definition) is 8. The summed E-state index contributed by atoms with van der Waals surface area (Å²) in [6, 6.07) is 21.0. The Labute approximate surface area is 262 Å². The Hall–Kier alpha value is -3.28. The molecule has 4 rings (SSSR count). The number of amides is 1. The Morgan fingerprint density at radius 1 is 1.02 bits per heavy atom. The molecule has 3 atom stereocenters. The minimum absolute atomic E-state index is 0.0355. The number of β-lactam (4-membered cyclic amide) rings is 1. The van der Waals surface area contributed by atoms with E-state index in [0.717, 1.165) is 36.2 Å². The van der Waals surface area contributed by atoms with Gasteiger partial charge in [-0.1, -0.05) is 60.5 Å². The molecule has 236 valence electrons. The van der Waals surface area contributed by atoms with Crippen LogP contribution in [0.5, 0.6) is 0 Å². The van der Waals surface area contributed by atoms with Crippen molar-refractivity contribution in [2.24, 2.45) is 5.92 Å². The number of ether oxygens (including phenoxy) is 1. The summed E-state index contributed by atoms with van der Waals surface area (Å²) < 4.78 is 22.4. The number of carbonyl (C=O) groups is 2. The van der Waals surface area contributed by atoms with Gasteiger partial charge in [-0.05, 0) is 78.5 Å².